The standard InChI is InChI=1S/C28H34/c1-3-5-8-12-23-16-18-24(19-17-23)27-21-20-26(13-9-6-4-2)28(22-27)25-14-10-7-11-15-25/h7,10-11,14-22H,3-6,8-9,12-13H2,1-2H3. The Morgan fingerprint density at radius 1 is 0.536 bits per heavy atom. The molecule has 0 unspecified atom stereocenters. The molecular weight excluding hydrogens is 336 g/mol. The van der Waals surface area contributed by atoms with Crippen LogP contribution in [0.1, 0.15) is 63.5 Å². The van der Waals surface area contributed by atoms with Crippen molar-refractivity contribution >= 4 is 0 Å². The molecule has 0 saturated heterocycles. The van der Waals surface area contributed by atoms with Crippen LogP contribution in [-0.4, -0.2) is 0 Å². The molecule has 0 fully saturated rings. The van der Waals surface area contributed by atoms with E-state index in [0.29, 0.717) is 0 Å². The molecule has 3 rings (SSSR count). The molecule has 0 heteroatoms. The van der Waals surface area contributed by atoms with Gasteiger partial charge in [-0.05, 0) is 65.1 Å². The van der Waals surface area contributed by atoms with E-state index >= 15 is 0 Å². The molecule has 0 aliphatic rings. The van der Waals surface area contributed by atoms with Gasteiger partial charge in [-0.3, -0.25) is 0 Å². The Hall–Kier alpha value is -2.34. The maximum Gasteiger partial charge on any atom is -0.0146 e. The molecule has 0 nitrogen and oxygen atoms in total. The number of rotatable bonds is 10. The number of aryl methyl sites for hydroxylation is 2. The lowest BCUT2D eigenvalue weighted by Crippen LogP contribution is -1.92. The van der Waals surface area contributed by atoms with E-state index in [1.807, 2.05) is 0 Å². The number of hydrogen-bond donors (Lipinski definition) is 0. The average Bonchev–Trinajstić information content (AvgIpc) is 2.75. The van der Waals surface area contributed by atoms with E-state index in [4.69, 9.17) is 0 Å². The zero-order chi connectivity index (χ0) is 19.6. The fourth-order valence-electron chi connectivity index (χ4n) is 3.87. The van der Waals surface area contributed by atoms with Crippen LogP contribution in [0.3, 0.4) is 0 Å². The minimum Gasteiger partial charge on any atom is -0.0654 e. The molecule has 0 aromatic heterocycles. The predicted molar refractivity (Wildman–Crippen MR) is 124 cm³/mol. The van der Waals surface area contributed by atoms with E-state index in [1.165, 1.54) is 78.3 Å². The first-order chi connectivity index (χ1) is 13.8. The highest BCUT2D eigenvalue weighted by atomic mass is 14.1. The Bertz CT molecular complexity index is 828. The van der Waals surface area contributed by atoms with Gasteiger partial charge in [0.2, 0.25) is 0 Å². The second-order valence-corrected chi connectivity index (χ2v) is 7.85. The molecule has 0 radical (unpaired) electrons. The predicted octanol–water partition coefficient (Wildman–Crippen LogP) is 8.49. The van der Waals surface area contributed by atoms with Crippen molar-refractivity contribution in [3.8, 4) is 22.3 Å². The van der Waals surface area contributed by atoms with Crippen molar-refractivity contribution in [2.75, 3.05) is 0 Å². The Morgan fingerprint density at radius 2 is 1.18 bits per heavy atom. The Labute approximate surface area is 171 Å². The second kappa shape index (κ2) is 10.9. The van der Waals surface area contributed by atoms with Gasteiger partial charge in [0.25, 0.3) is 0 Å². The first kappa shape index (κ1) is 20.4. The Kier molecular flexibility index (Phi) is 7.91. The first-order valence-electron chi connectivity index (χ1n) is 11.1. The largest absolute Gasteiger partial charge is 0.0654 e. The second-order valence-electron chi connectivity index (χ2n) is 7.85. The average molecular weight is 371 g/mol. The summed E-state index contributed by atoms with van der Waals surface area (Å²) in [4.78, 5) is 0. The van der Waals surface area contributed by atoms with Gasteiger partial charge in [-0.15, -0.1) is 0 Å². The third kappa shape index (κ3) is 5.58. The van der Waals surface area contributed by atoms with Crippen LogP contribution >= 0.6 is 0 Å². The molecule has 0 saturated carbocycles. The molecular formula is C28H34. The summed E-state index contributed by atoms with van der Waals surface area (Å²) in [5, 5.41) is 0. The zero-order valence-electron chi connectivity index (χ0n) is 17.6. The molecule has 3 aromatic rings. The van der Waals surface area contributed by atoms with Crippen LogP contribution < -0.4 is 0 Å². The summed E-state index contributed by atoms with van der Waals surface area (Å²) in [5.74, 6) is 0. The molecule has 0 spiro atoms. The summed E-state index contributed by atoms with van der Waals surface area (Å²) in [7, 11) is 0. The summed E-state index contributed by atoms with van der Waals surface area (Å²) >= 11 is 0. The lowest BCUT2D eigenvalue weighted by molar-refractivity contribution is 0.717. The number of unbranched alkanes of at least 4 members (excludes halogenated alkanes) is 4. The van der Waals surface area contributed by atoms with Crippen molar-refractivity contribution in [2.24, 2.45) is 0 Å². The van der Waals surface area contributed by atoms with Crippen molar-refractivity contribution in [3.63, 3.8) is 0 Å². The summed E-state index contributed by atoms with van der Waals surface area (Å²) in [6.45, 7) is 4.53. The molecule has 0 N–H and O–H groups in total. The van der Waals surface area contributed by atoms with Gasteiger partial charge >= 0.3 is 0 Å². The van der Waals surface area contributed by atoms with Gasteiger partial charge < -0.3 is 0 Å². The molecule has 146 valence electrons. The van der Waals surface area contributed by atoms with E-state index < -0.39 is 0 Å². The van der Waals surface area contributed by atoms with E-state index in [1.54, 1.807) is 0 Å². The molecule has 0 heterocycles. The molecule has 0 bridgehead atoms. The van der Waals surface area contributed by atoms with Crippen LogP contribution in [0.25, 0.3) is 22.3 Å². The van der Waals surface area contributed by atoms with Gasteiger partial charge in [-0.1, -0.05) is 106 Å². The summed E-state index contributed by atoms with van der Waals surface area (Å²) in [6, 6.07) is 27.1. The minimum absolute atomic E-state index is 1.16. The summed E-state index contributed by atoms with van der Waals surface area (Å²) in [5.41, 5.74) is 8.28. The van der Waals surface area contributed by atoms with Crippen LogP contribution in [0.5, 0.6) is 0 Å². The lowest BCUT2D eigenvalue weighted by Gasteiger charge is -2.13. The van der Waals surface area contributed by atoms with Gasteiger partial charge in [0, 0.05) is 0 Å². The third-order valence-corrected chi connectivity index (χ3v) is 5.60. The molecule has 28 heavy (non-hydrogen) atoms. The zero-order valence-corrected chi connectivity index (χ0v) is 17.6. The van der Waals surface area contributed by atoms with Crippen molar-refractivity contribution in [2.45, 2.75) is 65.2 Å². The van der Waals surface area contributed by atoms with E-state index in [-0.39, 0.29) is 0 Å². The molecule has 0 atom stereocenters. The fourth-order valence-corrected chi connectivity index (χ4v) is 3.87. The van der Waals surface area contributed by atoms with Crippen molar-refractivity contribution in [3.05, 3.63) is 83.9 Å². The quantitative estimate of drug-likeness (QED) is 0.314. The Balaban J connectivity index is 1.85. The van der Waals surface area contributed by atoms with E-state index in [9.17, 15) is 0 Å². The van der Waals surface area contributed by atoms with Crippen LogP contribution in [0.2, 0.25) is 0 Å². The van der Waals surface area contributed by atoms with Gasteiger partial charge in [0.1, 0.15) is 0 Å². The monoisotopic (exact) mass is 370 g/mol. The molecule has 0 aliphatic heterocycles. The van der Waals surface area contributed by atoms with Crippen LogP contribution in [-0.2, 0) is 12.8 Å². The van der Waals surface area contributed by atoms with E-state index in [2.05, 4.69) is 86.6 Å². The van der Waals surface area contributed by atoms with E-state index in [0.717, 1.165) is 6.42 Å². The highest BCUT2D eigenvalue weighted by molar-refractivity contribution is 5.75. The van der Waals surface area contributed by atoms with Crippen molar-refractivity contribution < 1.29 is 0 Å². The van der Waals surface area contributed by atoms with Crippen molar-refractivity contribution in [1.82, 2.24) is 0 Å². The number of hydrogen-bond acceptors (Lipinski definition) is 0. The van der Waals surface area contributed by atoms with Crippen LogP contribution in [0, 0.1) is 0 Å². The molecule has 3 aromatic carbocycles. The minimum atomic E-state index is 1.16. The van der Waals surface area contributed by atoms with Gasteiger partial charge in [-0.2, -0.15) is 0 Å². The van der Waals surface area contributed by atoms with Crippen molar-refractivity contribution in [1.29, 1.82) is 0 Å². The highest BCUT2D eigenvalue weighted by Gasteiger charge is 2.08. The summed E-state index contributed by atoms with van der Waals surface area (Å²) in [6.07, 6.45) is 10.1. The van der Waals surface area contributed by atoms with Crippen LogP contribution in [0.4, 0.5) is 0 Å². The van der Waals surface area contributed by atoms with Gasteiger partial charge in [0.05, 0.1) is 0 Å². The maximum absolute atomic E-state index is 2.39. The first-order valence-corrected chi connectivity index (χ1v) is 11.1. The molecule has 0 aliphatic carbocycles. The fraction of sp³-hybridized carbons (Fsp3) is 0.357. The van der Waals surface area contributed by atoms with Crippen LogP contribution in [0.15, 0.2) is 72.8 Å². The molecule has 0 amide bonds. The topological polar surface area (TPSA) is 0 Å². The maximum atomic E-state index is 2.39. The Morgan fingerprint density at radius 3 is 1.86 bits per heavy atom. The summed E-state index contributed by atoms with van der Waals surface area (Å²) < 4.78 is 0. The smallest absolute Gasteiger partial charge is 0.0146 e. The SMILES string of the molecule is CCCCCc1ccc(-c2ccc(CCCCC)c(-c3ccccc3)c2)cc1. The number of benzene rings is 3. The lowest BCUT2D eigenvalue weighted by atomic mass is 9.91. The third-order valence-electron chi connectivity index (χ3n) is 5.60. The highest BCUT2D eigenvalue weighted by Crippen LogP contribution is 2.31. The normalized spacial score (nSPS) is 10.9. The van der Waals surface area contributed by atoms with Gasteiger partial charge in [0.15, 0.2) is 0 Å². The van der Waals surface area contributed by atoms with Gasteiger partial charge in [-0.25, -0.2) is 0 Å².